The number of nitrogens with zero attached hydrogens (tertiary/aromatic N) is 1. The van der Waals surface area contributed by atoms with E-state index in [-0.39, 0.29) is 0 Å². The smallest absolute Gasteiger partial charge is 0.237 e. The summed E-state index contributed by atoms with van der Waals surface area (Å²) in [4.78, 5) is 4.21. The van der Waals surface area contributed by atoms with Gasteiger partial charge in [-0.3, -0.25) is 0 Å². The predicted molar refractivity (Wildman–Crippen MR) is 75.7 cm³/mol. The van der Waals surface area contributed by atoms with Gasteiger partial charge in [0.1, 0.15) is 5.75 Å². The zero-order chi connectivity index (χ0) is 13.5. The van der Waals surface area contributed by atoms with Crippen molar-refractivity contribution in [1.29, 1.82) is 0 Å². The fraction of sp³-hybridized carbons (Fsp3) is 0.267. The van der Waals surface area contributed by atoms with Crippen LogP contribution in [0.2, 0.25) is 0 Å². The highest BCUT2D eigenvalue weighted by Gasteiger charge is 2.05. The van der Waals surface area contributed by atoms with Crippen molar-refractivity contribution in [2.45, 2.75) is 13.5 Å². The van der Waals surface area contributed by atoms with E-state index in [2.05, 4.69) is 10.3 Å². The zero-order valence-electron chi connectivity index (χ0n) is 11.2. The van der Waals surface area contributed by atoms with Gasteiger partial charge in [-0.1, -0.05) is 18.2 Å². The van der Waals surface area contributed by atoms with E-state index in [9.17, 15) is 0 Å². The lowest BCUT2D eigenvalue weighted by Crippen LogP contribution is -2.05. The Morgan fingerprint density at radius 3 is 2.79 bits per heavy atom. The first-order valence-corrected chi connectivity index (χ1v) is 6.28. The molecule has 0 amide bonds. The summed E-state index contributed by atoms with van der Waals surface area (Å²) in [6.45, 7) is 3.20. The second-order valence-electron chi connectivity index (χ2n) is 3.95. The number of pyridine rings is 1. The molecule has 4 heteroatoms. The monoisotopic (exact) mass is 258 g/mol. The third-order valence-corrected chi connectivity index (χ3v) is 2.71. The van der Waals surface area contributed by atoms with Gasteiger partial charge in [-0.2, -0.15) is 0 Å². The van der Waals surface area contributed by atoms with Crippen LogP contribution in [0.5, 0.6) is 11.6 Å². The molecular weight excluding hydrogens is 240 g/mol. The van der Waals surface area contributed by atoms with Crippen LogP contribution in [0.1, 0.15) is 12.5 Å². The molecule has 100 valence electrons. The van der Waals surface area contributed by atoms with Crippen LogP contribution < -0.4 is 14.8 Å². The zero-order valence-corrected chi connectivity index (χ0v) is 11.2. The molecule has 0 atom stereocenters. The highest BCUT2D eigenvalue weighted by atomic mass is 16.5. The normalized spacial score (nSPS) is 10.0. The van der Waals surface area contributed by atoms with Gasteiger partial charge in [-0.05, 0) is 25.1 Å². The molecule has 0 aliphatic heterocycles. The lowest BCUT2D eigenvalue weighted by atomic mass is 10.2. The summed E-state index contributed by atoms with van der Waals surface area (Å²) < 4.78 is 10.8. The standard InChI is InChI=1S/C15H18N2O2/c1-3-19-15-13(8-6-10-16-15)17-11-12-7-4-5-9-14(12)18-2/h4-10,17H,3,11H2,1-2H3. The molecule has 1 aromatic carbocycles. The Labute approximate surface area is 113 Å². The minimum absolute atomic E-state index is 0.598. The third kappa shape index (κ3) is 3.37. The highest BCUT2D eigenvalue weighted by Crippen LogP contribution is 2.23. The largest absolute Gasteiger partial charge is 0.496 e. The van der Waals surface area contributed by atoms with E-state index in [1.54, 1.807) is 13.3 Å². The van der Waals surface area contributed by atoms with Gasteiger partial charge in [-0.25, -0.2) is 4.98 Å². The Bertz CT molecular complexity index is 529. The minimum atomic E-state index is 0.598. The van der Waals surface area contributed by atoms with Crippen molar-refractivity contribution in [3.63, 3.8) is 0 Å². The van der Waals surface area contributed by atoms with Crippen LogP contribution in [0, 0.1) is 0 Å². The molecule has 4 nitrogen and oxygen atoms in total. The molecule has 0 aliphatic carbocycles. The van der Waals surface area contributed by atoms with E-state index in [1.165, 1.54) is 0 Å². The van der Waals surface area contributed by atoms with Crippen LogP contribution in [0.3, 0.4) is 0 Å². The number of methoxy groups -OCH3 is 1. The van der Waals surface area contributed by atoms with Crippen LogP contribution in [-0.2, 0) is 6.54 Å². The van der Waals surface area contributed by atoms with E-state index in [1.807, 2.05) is 43.3 Å². The Balaban J connectivity index is 2.10. The molecule has 19 heavy (non-hydrogen) atoms. The van der Waals surface area contributed by atoms with E-state index in [4.69, 9.17) is 9.47 Å². The van der Waals surface area contributed by atoms with Crippen molar-refractivity contribution in [2.75, 3.05) is 19.0 Å². The first kappa shape index (κ1) is 13.2. The molecule has 0 aliphatic rings. The van der Waals surface area contributed by atoms with Gasteiger partial charge in [0.2, 0.25) is 5.88 Å². The lowest BCUT2D eigenvalue weighted by molar-refractivity contribution is 0.328. The van der Waals surface area contributed by atoms with Gasteiger partial charge in [-0.15, -0.1) is 0 Å². The highest BCUT2D eigenvalue weighted by molar-refractivity contribution is 5.53. The molecule has 0 bridgehead atoms. The van der Waals surface area contributed by atoms with Gasteiger partial charge in [0.15, 0.2) is 0 Å². The second-order valence-corrected chi connectivity index (χ2v) is 3.95. The molecule has 1 heterocycles. The second kappa shape index (κ2) is 6.64. The van der Waals surface area contributed by atoms with Crippen molar-refractivity contribution in [3.8, 4) is 11.6 Å². The van der Waals surface area contributed by atoms with Gasteiger partial charge >= 0.3 is 0 Å². The molecule has 0 fully saturated rings. The van der Waals surface area contributed by atoms with E-state index in [0.29, 0.717) is 19.0 Å². The van der Waals surface area contributed by atoms with Crippen molar-refractivity contribution in [1.82, 2.24) is 4.98 Å². The number of rotatable bonds is 6. The van der Waals surface area contributed by atoms with Crippen LogP contribution in [-0.4, -0.2) is 18.7 Å². The lowest BCUT2D eigenvalue weighted by Gasteiger charge is -2.12. The Kier molecular flexibility index (Phi) is 4.61. The van der Waals surface area contributed by atoms with Crippen LogP contribution >= 0.6 is 0 Å². The number of anilines is 1. The molecule has 0 saturated heterocycles. The number of hydrogen-bond acceptors (Lipinski definition) is 4. The molecular formula is C15H18N2O2. The summed E-state index contributed by atoms with van der Waals surface area (Å²) in [5.41, 5.74) is 1.98. The third-order valence-electron chi connectivity index (χ3n) is 2.71. The summed E-state index contributed by atoms with van der Waals surface area (Å²) >= 11 is 0. The molecule has 0 spiro atoms. The van der Waals surface area contributed by atoms with Gasteiger partial charge < -0.3 is 14.8 Å². The van der Waals surface area contributed by atoms with Gasteiger partial charge in [0.25, 0.3) is 0 Å². The minimum Gasteiger partial charge on any atom is -0.496 e. The van der Waals surface area contributed by atoms with E-state index in [0.717, 1.165) is 17.0 Å². The fourth-order valence-corrected chi connectivity index (χ4v) is 1.82. The molecule has 2 aromatic rings. The van der Waals surface area contributed by atoms with Crippen molar-refractivity contribution in [3.05, 3.63) is 48.2 Å². The Morgan fingerprint density at radius 2 is 2.00 bits per heavy atom. The maximum Gasteiger partial charge on any atom is 0.237 e. The maximum atomic E-state index is 5.48. The number of aromatic nitrogens is 1. The predicted octanol–water partition coefficient (Wildman–Crippen LogP) is 3.10. The first-order valence-electron chi connectivity index (χ1n) is 6.28. The number of ether oxygens (including phenoxy) is 2. The summed E-state index contributed by atoms with van der Waals surface area (Å²) in [5.74, 6) is 1.50. The first-order chi connectivity index (χ1) is 9.35. The number of para-hydroxylation sites is 1. The average molecular weight is 258 g/mol. The maximum absolute atomic E-state index is 5.48. The molecule has 0 radical (unpaired) electrons. The van der Waals surface area contributed by atoms with Gasteiger partial charge in [0, 0.05) is 18.3 Å². The van der Waals surface area contributed by atoms with E-state index >= 15 is 0 Å². The number of benzene rings is 1. The quantitative estimate of drug-likeness (QED) is 0.864. The van der Waals surface area contributed by atoms with Crippen molar-refractivity contribution in [2.24, 2.45) is 0 Å². The SMILES string of the molecule is CCOc1ncccc1NCc1ccccc1OC. The Hall–Kier alpha value is -2.23. The van der Waals surface area contributed by atoms with Crippen LogP contribution in [0.25, 0.3) is 0 Å². The summed E-state index contributed by atoms with van der Waals surface area (Å²) in [6.07, 6.45) is 1.72. The summed E-state index contributed by atoms with van der Waals surface area (Å²) in [5, 5.41) is 3.32. The molecule has 2 rings (SSSR count). The average Bonchev–Trinajstić information content (AvgIpc) is 2.47. The molecule has 1 N–H and O–H groups in total. The van der Waals surface area contributed by atoms with Crippen LogP contribution in [0.4, 0.5) is 5.69 Å². The Morgan fingerprint density at radius 1 is 1.16 bits per heavy atom. The summed E-state index contributed by atoms with van der Waals surface area (Å²) in [6, 6.07) is 11.8. The van der Waals surface area contributed by atoms with E-state index < -0.39 is 0 Å². The van der Waals surface area contributed by atoms with Gasteiger partial charge in [0.05, 0.1) is 19.4 Å². The topological polar surface area (TPSA) is 43.4 Å². The van der Waals surface area contributed by atoms with Crippen molar-refractivity contribution < 1.29 is 9.47 Å². The molecule has 0 unspecified atom stereocenters. The molecule has 1 aromatic heterocycles. The molecule has 0 saturated carbocycles. The van der Waals surface area contributed by atoms with Crippen LogP contribution in [0.15, 0.2) is 42.6 Å². The fourth-order valence-electron chi connectivity index (χ4n) is 1.82. The van der Waals surface area contributed by atoms with Crippen molar-refractivity contribution >= 4 is 5.69 Å². The number of nitrogens with one attached hydrogen (secondary N) is 1. The number of hydrogen-bond donors (Lipinski definition) is 1. The summed E-state index contributed by atoms with van der Waals surface area (Å²) in [7, 11) is 1.68.